The second-order valence-electron chi connectivity index (χ2n) is 6.90. The second-order valence-corrected chi connectivity index (χ2v) is 8.74. The van der Waals surface area contributed by atoms with Crippen LogP contribution in [-0.4, -0.2) is 35.2 Å². The molecule has 1 heterocycles. The Morgan fingerprint density at radius 2 is 1.91 bits per heavy atom. The van der Waals surface area contributed by atoms with Crippen LogP contribution in [0.3, 0.4) is 0 Å². The van der Waals surface area contributed by atoms with Gasteiger partial charge in [0, 0.05) is 5.56 Å². The Kier molecular flexibility index (Phi) is 8.46. The number of hydrogen-bond donors (Lipinski definition) is 1. The molecule has 0 fully saturated rings. The average Bonchev–Trinajstić information content (AvgIpc) is 3.08. The normalized spacial score (nSPS) is 15.5. The predicted molar refractivity (Wildman–Crippen MR) is 136 cm³/mol. The number of esters is 1. The Balaban J connectivity index is 2.03. The van der Waals surface area contributed by atoms with Crippen molar-refractivity contribution in [2.24, 2.45) is 4.99 Å². The summed E-state index contributed by atoms with van der Waals surface area (Å²) in [6.07, 6.45) is 6.76. The van der Waals surface area contributed by atoms with E-state index in [2.05, 4.69) is 10.9 Å². The van der Waals surface area contributed by atoms with Gasteiger partial charge in [-0.2, -0.15) is 0 Å². The molecule has 0 saturated heterocycles. The lowest BCUT2D eigenvalue weighted by Gasteiger charge is -2.09. The lowest BCUT2D eigenvalue weighted by Crippen LogP contribution is -2.14. The number of thioether (sulfide) groups is 1. The molecule has 1 amide bonds. The molecule has 1 N–H and O–H groups in total. The third-order valence-corrected chi connectivity index (χ3v) is 6.15. The van der Waals surface area contributed by atoms with Crippen LogP contribution in [0.25, 0.3) is 6.08 Å². The summed E-state index contributed by atoms with van der Waals surface area (Å²) in [5, 5.41) is 11.3. The van der Waals surface area contributed by atoms with E-state index in [-0.39, 0.29) is 50.3 Å². The fraction of sp³-hybridized carbons (Fsp3) is 0.160. The van der Waals surface area contributed by atoms with E-state index in [4.69, 9.17) is 39.1 Å². The van der Waals surface area contributed by atoms with Crippen LogP contribution in [0.5, 0.6) is 5.75 Å². The minimum absolute atomic E-state index is 0.00308. The fourth-order valence-electron chi connectivity index (χ4n) is 3.02. The van der Waals surface area contributed by atoms with E-state index in [1.54, 1.807) is 56.3 Å². The maximum atomic E-state index is 12.8. The molecule has 0 radical (unpaired) electrons. The largest absolute Gasteiger partial charge is 0.506 e. The van der Waals surface area contributed by atoms with E-state index in [1.807, 2.05) is 0 Å². The minimum Gasteiger partial charge on any atom is -0.506 e. The van der Waals surface area contributed by atoms with E-state index in [0.717, 1.165) is 17.3 Å². The van der Waals surface area contributed by atoms with E-state index < -0.39 is 11.9 Å². The van der Waals surface area contributed by atoms with E-state index in [1.165, 1.54) is 0 Å². The number of carbonyl (C=O) groups excluding carboxylic acids is 2. The smallest absolute Gasteiger partial charge is 0.344 e. The van der Waals surface area contributed by atoms with Gasteiger partial charge >= 0.3 is 5.97 Å². The summed E-state index contributed by atoms with van der Waals surface area (Å²) in [7, 11) is 0. The van der Waals surface area contributed by atoms with Crippen molar-refractivity contribution in [1.82, 2.24) is 0 Å². The molecule has 34 heavy (non-hydrogen) atoms. The van der Waals surface area contributed by atoms with Gasteiger partial charge in [-0.15, -0.1) is 6.42 Å². The van der Waals surface area contributed by atoms with E-state index >= 15 is 0 Å². The number of halogens is 2. The summed E-state index contributed by atoms with van der Waals surface area (Å²) in [6, 6.07) is 10.1. The molecule has 9 heteroatoms. The Hall–Kier alpha value is -3.18. The van der Waals surface area contributed by atoms with Crippen molar-refractivity contribution in [2.75, 3.05) is 13.2 Å². The molecule has 2 aromatic rings. The maximum absolute atomic E-state index is 12.8. The number of terminal acetylenes is 1. The Morgan fingerprint density at radius 1 is 1.24 bits per heavy atom. The molecule has 0 bridgehead atoms. The zero-order valence-electron chi connectivity index (χ0n) is 18.2. The lowest BCUT2D eigenvalue weighted by molar-refractivity contribution is -0.138. The van der Waals surface area contributed by atoms with Crippen LogP contribution in [0.1, 0.15) is 28.4 Å². The summed E-state index contributed by atoms with van der Waals surface area (Å²) in [6.45, 7) is 3.50. The van der Waals surface area contributed by atoms with Gasteiger partial charge in [-0.3, -0.25) is 4.79 Å². The molecule has 0 aliphatic carbocycles. The number of benzene rings is 2. The first-order valence-corrected chi connectivity index (χ1v) is 11.6. The Bertz CT molecular complexity index is 1270. The summed E-state index contributed by atoms with van der Waals surface area (Å²) in [5.41, 5.74) is 1.45. The van der Waals surface area contributed by atoms with Gasteiger partial charge in [-0.05, 0) is 49.2 Å². The highest BCUT2D eigenvalue weighted by Crippen LogP contribution is 2.41. The summed E-state index contributed by atoms with van der Waals surface area (Å²) in [4.78, 5) is 29.7. The summed E-state index contributed by atoms with van der Waals surface area (Å²) in [5.74, 6) is 0.874. The van der Waals surface area contributed by atoms with Crippen molar-refractivity contribution in [2.45, 2.75) is 13.8 Å². The summed E-state index contributed by atoms with van der Waals surface area (Å²) < 4.78 is 10.4. The highest BCUT2D eigenvalue weighted by atomic mass is 35.5. The van der Waals surface area contributed by atoms with Gasteiger partial charge in [-0.25, -0.2) is 9.79 Å². The highest BCUT2D eigenvalue weighted by molar-refractivity contribution is 8.18. The van der Waals surface area contributed by atoms with Crippen molar-refractivity contribution in [3.05, 3.63) is 79.4 Å². The van der Waals surface area contributed by atoms with Crippen molar-refractivity contribution in [3.8, 4) is 18.1 Å². The number of amides is 1. The van der Waals surface area contributed by atoms with Crippen LogP contribution in [-0.2, 0) is 9.53 Å². The van der Waals surface area contributed by atoms with Crippen LogP contribution in [0.4, 0.5) is 0 Å². The van der Waals surface area contributed by atoms with Crippen LogP contribution >= 0.6 is 35.0 Å². The van der Waals surface area contributed by atoms with Gasteiger partial charge in [0.05, 0.1) is 21.6 Å². The molecule has 0 unspecified atom stereocenters. The second kappa shape index (κ2) is 11.3. The summed E-state index contributed by atoms with van der Waals surface area (Å²) >= 11 is 13.5. The molecule has 3 rings (SSSR count). The highest BCUT2D eigenvalue weighted by Gasteiger charge is 2.34. The monoisotopic (exact) mass is 515 g/mol. The van der Waals surface area contributed by atoms with Crippen LogP contribution in [0, 0.1) is 19.3 Å². The average molecular weight is 516 g/mol. The number of aliphatic hydroxyl groups is 1. The number of hydrogen-bond acceptors (Lipinski definition) is 6. The molecule has 0 saturated carbocycles. The number of rotatable bonds is 6. The van der Waals surface area contributed by atoms with E-state index in [0.29, 0.717) is 11.1 Å². The van der Waals surface area contributed by atoms with Gasteiger partial charge in [0.1, 0.15) is 23.0 Å². The molecule has 0 aromatic heterocycles. The number of carbonyl (C=O) groups is 2. The molecular formula is C25H19Cl2NO5S. The number of nitrogens with zero attached hydrogens (tertiary/aromatic N) is 1. The maximum Gasteiger partial charge on any atom is 0.344 e. The number of aryl methyl sites for hydroxylation is 1. The molecule has 174 valence electrons. The molecule has 0 atom stereocenters. The van der Waals surface area contributed by atoms with Crippen LogP contribution in [0.2, 0.25) is 10.0 Å². The van der Waals surface area contributed by atoms with Crippen molar-refractivity contribution >= 4 is 58.0 Å². The zero-order chi connectivity index (χ0) is 24.8. The molecular weight excluding hydrogens is 497 g/mol. The molecule has 1 aliphatic rings. The van der Waals surface area contributed by atoms with Crippen LogP contribution in [0.15, 0.2) is 57.6 Å². The lowest BCUT2D eigenvalue weighted by atomic mass is 10.1. The SMILES string of the molecule is C#CCOc1c(Cl)cc(/C=C2\SC(=NC(=O)c3ccccc3C)C(C(=O)OCC)=C2O)cc1Cl. The third kappa shape index (κ3) is 5.65. The topological polar surface area (TPSA) is 85.2 Å². The predicted octanol–water partition coefficient (Wildman–Crippen LogP) is 6.02. The van der Waals surface area contributed by atoms with Crippen molar-refractivity contribution in [1.29, 1.82) is 0 Å². The zero-order valence-corrected chi connectivity index (χ0v) is 20.6. The first-order valence-electron chi connectivity index (χ1n) is 10.0. The molecule has 2 aromatic carbocycles. The van der Waals surface area contributed by atoms with Gasteiger partial charge in [-0.1, -0.05) is 59.1 Å². The first kappa shape index (κ1) is 25.4. The van der Waals surface area contributed by atoms with Gasteiger partial charge in [0.15, 0.2) is 5.75 Å². The number of aliphatic hydroxyl groups excluding tert-OH is 1. The van der Waals surface area contributed by atoms with E-state index in [9.17, 15) is 14.7 Å². The molecule has 6 nitrogen and oxygen atoms in total. The standard InChI is InChI=1S/C25H19Cl2NO5S/c1-4-10-33-22-17(26)11-15(12-18(22)27)13-19-21(29)20(25(31)32-5-2)24(34-19)28-23(30)16-9-7-6-8-14(16)3/h1,6-9,11-13,29H,5,10H2,2-3H3/b19-13-,28-24?. The number of ether oxygens (including phenoxy) is 2. The number of aliphatic imine (C=N–C) groups is 1. The van der Waals surface area contributed by atoms with Crippen molar-refractivity contribution in [3.63, 3.8) is 0 Å². The quantitative estimate of drug-likeness (QED) is 0.374. The van der Waals surface area contributed by atoms with Gasteiger partial charge in [0.25, 0.3) is 5.91 Å². The first-order chi connectivity index (χ1) is 16.3. The van der Waals surface area contributed by atoms with Crippen molar-refractivity contribution < 1.29 is 24.2 Å². The minimum atomic E-state index is -0.790. The van der Waals surface area contributed by atoms with Gasteiger partial charge < -0.3 is 14.6 Å². The Labute approximate surface area is 211 Å². The van der Waals surface area contributed by atoms with Gasteiger partial charge in [0.2, 0.25) is 0 Å². The Morgan fingerprint density at radius 3 is 2.53 bits per heavy atom. The molecule has 1 aliphatic heterocycles. The van der Waals surface area contributed by atoms with Crippen LogP contribution < -0.4 is 4.74 Å². The third-order valence-electron chi connectivity index (χ3n) is 4.57. The molecule has 0 spiro atoms. The fourth-order valence-corrected chi connectivity index (χ4v) is 4.65.